The minimum Gasteiger partial charge on any atom is -0.461 e. The Labute approximate surface area is 150 Å². The van der Waals surface area contributed by atoms with Crippen LogP contribution in [0.1, 0.15) is 22.7 Å². The smallest absolute Gasteiger partial charge is 0.424 e. The molecule has 0 aliphatic rings. The highest BCUT2D eigenvalue weighted by molar-refractivity contribution is 5.92. The standard InChI is InChI=1S/C16H15F3N4O4/c1-23-7-6-21-14(23)15(25,16(17,18)19)4-5-20-13(24)10-9-12(27-22-10)11-3-2-8-26-11/h2-3,6-9,25H,4-5H2,1H3,(H,20,24). The highest BCUT2D eigenvalue weighted by Crippen LogP contribution is 2.40. The number of aliphatic hydroxyl groups is 1. The summed E-state index contributed by atoms with van der Waals surface area (Å²) in [7, 11) is 1.34. The third-order valence-electron chi connectivity index (χ3n) is 3.94. The van der Waals surface area contributed by atoms with Crippen molar-refractivity contribution in [3.63, 3.8) is 0 Å². The van der Waals surface area contributed by atoms with Crippen LogP contribution < -0.4 is 5.32 Å². The van der Waals surface area contributed by atoms with Gasteiger partial charge in [-0.15, -0.1) is 0 Å². The van der Waals surface area contributed by atoms with Gasteiger partial charge in [-0.05, 0) is 12.1 Å². The molecule has 0 saturated carbocycles. The molecule has 27 heavy (non-hydrogen) atoms. The Kier molecular flexibility index (Phi) is 4.79. The molecular formula is C16H15F3N4O4. The zero-order chi connectivity index (χ0) is 19.7. The molecular weight excluding hydrogens is 369 g/mol. The number of hydrogen-bond donors (Lipinski definition) is 2. The molecule has 144 valence electrons. The quantitative estimate of drug-likeness (QED) is 0.675. The van der Waals surface area contributed by atoms with E-state index in [2.05, 4.69) is 15.5 Å². The molecule has 0 aliphatic carbocycles. The van der Waals surface area contributed by atoms with Crippen molar-refractivity contribution in [3.05, 3.63) is 48.4 Å². The number of carbonyl (C=O) groups excluding carboxylic acids is 1. The third kappa shape index (κ3) is 3.58. The molecule has 0 aliphatic heterocycles. The van der Waals surface area contributed by atoms with Gasteiger partial charge in [0.2, 0.25) is 11.4 Å². The molecule has 3 heterocycles. The van der Waals surface area contributed by atoms with Crippen LogP contribution in [-0.4, -0.2) is 38.4 Å². The van der Waals surface area contributed by atoms with Crippen LogP contribution in [0.25, 0.3) is 11.5 Å². The average molecular weight is 384 g/mol. The summed E-state index contributed by atoms with van der Waals surface area (Å²) in [6.07, 6.45) is -1.95. The van der Waals surface area contributed by atoms with Gasteiger partial charge >= 0.3 is 6.18 Å². The first-order valence-corrected chi connectivity index (χ1v) is 7.78. The van der Waals surface area contributed by atoms with E-state index in [1.807, 2.05) is 0 Å². The summed E-state index contributed by atoms with van der Waals surface area (Å²) >= 11 is 0. The molecule has 0 saturated heterocycles. The van der Waals surface area contributed by atoms with E-state index in [0.29, 0.717) is 5.76 Å². The maximum atomic E-state index is 13.4. The van der Waals surface area contributed by atoms with Gasteiger partial charge in [0.15, 0.2) is 11.5 Å². The van der Waals surface area contributed by atoms with Crippen LogP contribution in [0.4, 0.5) is 13.2 Å². The Morgan fingerprint density at radius 2 is 2.15 bits per heavy atom. The van der Waals surface area contributed by atoms with E-state index in [-0.39, 0.29) is 11.5 Å². The number of carbonyl (C=O) groups is 1. The highest BCUT2D eigenvalue weighted by Gasteiger charge is 2.57. The molecule has 0 aromatic carbocycles. The number of hydrogen-bond acceptors (Lipinski definition) is 6. The number of furan rings is 1. The Hall–Kier alpha value is -3.08. The van der Waals surface area contributed by atoms with Crippen LogP contribution in [-0.2, 0) is 12.6 Å². The maximum absolute atomic E-state index is 13.4. The Morgan fingerprint density at radius 3 is 2.74 bits per heavy atom. The van der Waals surface area contributed by atoms with Gasteiger partial charge in [0.25, 0.3) is 5.91 Å². The summed E-state index contributed by atoms with van der Waals surface area (Å²) in [5, 5.41) is 16.0. The van der Waals surface area contributed by atoms with Crippen LogP contribution in [0.3, 0.4) is 0 Å². The van der Waals surface area contributed by atoms with E-state index in [1.54, 1.807) is 12.1 Å². The number of alkyl halides is 3. The molecule has 3 aromatic heterocycles. The highest BCUT2D eigenvalue weighted by atomic mass is 19.4. The second-order valence-electron chi connectivity index (χ2n) is 5.78. The zero-order valence-electron chi connectivity index (χ0n) is 14.0. The Balaban J connectivity index is 1.67. The molecule has 2 N–H and O–H groups in total. The van der Waals surface area contributed by atoms with Crippen molar-refractivity contribution in [2.45, 2.75) is 18.2 Å². The topological polar surface area (TPSA) is 106 Å². The van der Waals surface area contributed by atoms with Gasteiger partial charge in [0.05, 0.1) is 6.26 Å². The first-order chi connectivity index (χ1) is 12.7. The van der Waals surface area contributed by atoms with Gasteiger partial charge in [-0.25, -0.2) is 4.98 Å². The van der Waals surface area contributed by atoms with Gasteiger partial charge < -0.3 is 23.9 Å². The minimum atomic E-state index is -4.98. The van der Waals surface area contributed by atoms with E-state index in [9.17, 15) is 23.1 Å². The summed E-state index contributed by atoms with van der Waals surface area (Å²) in [6.45, 7) is -0.468. The lowest BCUT2D eigenvalue weighted by Gasteiger charge is -2.29. The maximum Gasteiger partial charge on any atom is 0.424 e. The van der Waals surface area contributed by atoms with Gasteiger partial charge in [0.1, 0.15) is 5.82 Å². The van der Waals surface area contributed by atoms with Crippen LogP contribution >= 0.6 is 0 Å². The first-order valence-electron chi connectivity index (χ1n) is 7.78. The second kappa shape index (κ2) is 6.91. The molecule has 1 atom stereocenters. The molecule has 1 unspecified atom stereocenters. The number of amides is 1. The fraction of sp³-hybridized carbons (Fsp3) is 0.312. The molecule has 0 radical (unpaired) electrons. The number of rotatable bonds is 6. The van der Waals surface area contributed by atoms with Gasteiger partial charge in [0, 0.05) is 38.5 Å². The lowest BCUT2D eigenvalue weighted by molar-refractivity contribution is -0.272. The molecule has 3 aromatic rings. The van der Waals surface area contributed by atoms with Crippen molar-refractivity contribution in [2.75, 3.05) is 6.54 Å². The number of nitrogens with zero attached hydrogens (tertiary/aromatic N) is 3. The number of halogens is 3. The third-order valence-corrected chi connectivity index (χ3v) is 3.94. The lowest BCUT2D eigenvalue weighted by Crippen LogP contribution is -2.46. The average Bonchev–Trinajstić information content (AvgIpc) is 3.34. The Morgan fingerprint density at radius 1 is 1.37 bits per heavy atom. The fourth-order valence-corrected chi connectivity index (χ4v) is 2.51. The summed E-state index contributed by atoms with van der Waals surface area (Å²) in [5.74, 6) is -0.764. The summed E-state index contributed by atoms with van der Waals surface area (Å²) in [5.41, 5.74) is -3.34. The number of aryl methyl sites for hydroxylation is 1. The van der Waals surface area contributed by atoms with Crippen LogP contribution in [0.5, 0.6) is 0 Å². The number of aromatic nitrogens is 3. The first kappa shape index (κ1) is 18.7. The van der Waals surface area contributed by atoms with Crippen molar-refractivity contribution in [1.29, 1.82) is 0 Å². The van der Waals surface area contributed by atoms with Crippen LogP contribution in [0.15, 0.2) is 45.8 Å². The molecule has 11 heteroatoms. The summed E-state index contributed by atoms with van der Waals surface area (Å²) < 4.78 is 51.3. The summed E-state index contributed by atoms with van der Waals surface area (Å²) in [4.78, 5) is 15.7. The summed E-state index contributed by atoms with van der Waals surface area (Å²) in [6, 6.07) is 4.51. The molecule has 0 fully saturated rings. The van der Waals surface area contributed by atoms with Crippen molar-refractivity contribution in [2.24, 2.45) is 7.05 Å². The molecule has 0 bridgehead atoms. The Bertz CT molecular complexity index is 916. The van der Waals surface area contributed by atoms with Gasteiger partial charge in [-0.1, -0.05) is 5.16 Å². The van der Waals surface area contributed by atoms with Crippen LogP contribution in [0, 0.1) is 0 Å². The fourth-order valence-electron chi connectivity index (χ4n) is 2.51. The zero-order valence-corrected chi connectivity index (χ0v) is 14.0. The van der Waals surface area contributed by atoms with Gasteiger partial charge in [-0.2, -0.15) is 13.2 Å². The predicted molar refractivity (Wildman–Crippen MR) is 84.3 cm³/mol. The van der Waals surface area contributed by atoms with Crippen molar-refractivity contribution < 1.29 is 32.0 Å². The SMILES string of the molecule is Cn1ccnc1C(O)(CCNC(=O)c1cc(-c2ccco2)on1)C(F)(F)F. The number of imidazole rings is 1. The van der Waals surface area contributed by atoms with Crippen molar-refractivity contribution in [3.8, 4) is 11.5 Å². The predicted octanol–water partition coefficient (Wildman–Crippen LogP) is 2.24. The molecule has 3 rings (SSSR count). The van der Waals surface area contributed by atoms with E-state index in [0.717, 1.165) is 10.8 Å². The molecule has 0 spiro atoms. The number of nitrogens with one attached hydrogen (secondary N) is 1. The van der Waals surface area contributed by atoms with Crippen molar-refractivity contribution >= 4 is 5.91 Å². The van der Waals surface area contributed by atoms with E-state index in [4.69, 9.17) is 8.94 Å². The van der Waals surface area contributed by atoms with Gasteiger partial charge in [-0.3, -0.25) is 4.79 Å². The minimum absolute atomic E-state index is 0.131. The monoisotopic (exact) mass is 384 g/mol. The molecule has 8 nitrogen and oxygen atoms in total. The lowest BCUT2D eigenvalue weighted by atomic mass is 9.97. The van der Waals surface area contributed by atoms with Crippen molar-refractivity contribution in [1.82, 2.24) is 20.0 Å². The van der Waals surface area contributed by atoms with E-state index in [1.165, 1.54) is 25.6 Å². The van der Waals surface area contributed by atoms with E-state index < -0.39 is 36.5 Å². The normalized spacial score (nSPS) is 14.1. The molecule has 1 amide bonds. The van der Waals surface area contributed by atoms with E-state index >= 15 is 0 Å². The van der Waals surface area contributed by atoms with Crippen LogP contribution in [0.2, 0.25) is 0 Å². The second-order valence-corrected chi connectivity index (χ2v) is 5.78. The largest absolute Gasteiger partial charge is 0.461 e.